The van der Waals surface area contributed by atoms with Gasteiger partial charge in [0.05, 0.1) is 0 Å². The van der Waals surface area contributed by atoms with Gasteiger partial charge in [-0.3, -0.25) is 0 Å². The molecule has 0 saturated heterocycles. The van der Waals surface area contributed by atoms with E-state index in [-0.39, 0.29) is 17.1 Å². The fraction of sp³-hybridized carbons (Fsp3) is 0.500. The summed E-state index contributed by atoms with van der Waals surface area (Å²) in [6.07, 6.45) is -1.74. The van der Waals surface area contributed by atoms with Crippen molar-refractivity contribution in [1.82, 2.24) is 0 Å². The SMILES string of the molecule is CC(C)(C)OOc1cccc(C(=O)OC(=O)O)c1OOC(C)(C)C. The number of para-hydroxylation sites is 1. The van der Waals surface area contributed by atoms with Crippen molar-refractivity contribution in [2.24, 2.45) is 0 Å². The van der Waals surface area contributed by atoms with Crippen LogP contribution in [0.25, 0.3) is 0 Å². The fourth-order valence-electron chi connectivity index (χ4n) is 1.30. The Labute approximate surface area is 140 Å². The van der Waals surface area contributed by atoms with Crippen molar-refractivity contribution in [2.75, 3.05) is 0 Å². The van der Waals surface area contributed by atoms with E-state index in [2.05, 4.69) is 4.74 Å². The first-order chi connectivity index (χ1) is 10.9. The van der Waals surface area contributed by atoms with E-state index in [1.165, 1.54) is 18.2 Å². The lowest BCUT2D eigenvalue weighted by atomic mass is 10.2. The second-order valence-electron chi connectivity index (χ2n) is 6.85. The first-order valence-corrected chi connectivity index (χ1v) is 7.18. The molecule has 1 aromatic carbocycles. The summed E-state index contributed by atoms with van der Waals surface area (Å²) in [7, 11) is 0. The fourth-order valence-corrected chi connectivity index (χ4v) is 1.30. The molecular weight excluding hydrogens is 320 g/mol. The minimum absolute atomic E-state index is 0.0361. The lowest BCUT2D eigenvalue weighted by Crippen LogP contribution is -2.24. The number of benzene rings is 1. The number of ether oxygens (including phenoxy) is 1. The average Bonchev–Trinajstić information content (AvgIpc) is 2.40. The normalized spacial score (nSPS) is 11.8. The second kappa shape index (κ2) is 7.50. The van der Waals surface area contributed by atoms with E-state index < -0.39 is 23.3 Å². The smallest absolute Gasteiger partial charge is 0.449 e. The van der Waals surface area contributed by atoms with Gasteiger partial charge in [-0.2, -0.15) is 9.78 Å². The molecule has 0 amide bonds. The van der Waals surface area contributed by atoms with Crippen LogP contribution in [0.5, 0.6) is 11.5 Å². The Hall–Kier alpha value is -2.32. The molecular formula is C16H22O8. The Bertz CT molecular complexity index is 595. The second-order valence-corrected chi connectivity index (χ2v) is 6.85. The summed E-state index contributed by atoms with van der Waals surface area (Å²) in [4.78, 5) is 43.3. The number of carbonyl (C=O) groups is 2. The van der Waals surface area contributed by atoms with Crippen molar-refractivity contribution < 1.29 is 39.0 Å². The molecule has 0 fully saturated rings. The van der Waals surface area contributed by atoms with Crippen LogP contribution in [0.15, 0.2) is 18.2 Å². The molecule has 0 saturated carbocycles. The zero-order chi connectivity index (χ0) is 18.5. The lowest BCUT2D eigenvalue weighted by Gasteiger charge is -2.22. The van der Waals surface area contributed by atoms with Crippen LogP contribution in [0.2, 0.25) is 0 Å². The van der Waals surface area contributed by atoms with Gasteiger partial charge in [0, 0.05) is 0 Å². The van der Waals surface area contributed by atoms with Gasteiger partial charge < -0.3 is 19.6 Å². The molecule has 134 valence electrons. The average molecular weight is 342 g/mol. The number of rotatable bonds is 5. The molecule has 0 spiro atoms. The van der Waals surface area contributed by atoms with Crippen molar-refractivity contribution in [1.29, 1.82) is 0 Å². The van der Waals surface area contributed by atoms with Crippen LogP contribution < -0.4 is 9.78 Å². The van der Waals surface area contributed by atoms with Gasteiger partial charge in [-0.25, -0.2) is 9.59 Å². The third-order valence-electron chi connectivity index (χ3n) is 2.14. The quantitative estimate of drug-likeness (QED) is 0.374. The third-order valence-corrected chi connectivity index (χ3v) is 2.14. The summed E-state index contributed by atoms with van der Waals surface area (Å²) >= 11 is 0. The number of hydrogen-bond acceptors (Lipinski definition) is 7. The van der Waals surface area contributed by atoms with Gasteiger partial charge in [-0.1, -0.05) is 6.07 Å². The largest absolute Gasteiger partial charge is 0.513 e. The Balaban J connectivity index is 3.16. The van der Waals surface area contributed by atoms with Crippen LogP contribution in [-0.4, -0.2) is 28.4 Å². The molecule has 0 aliphatic heterocycles. The standard InChI is InChI=1S/C16H22O8/c1-15(2,3)23-21-11-9-7-8-10(13(17)20-14(18)19)12(11)22-24-16(4,5)6/h7-9H,1-6H3,(H,18,19). The zero-order valence-electron chi connectivity index (χ0n) is 14.5. The molecule has 0 bridgehead atoms. The molecule has 0 radical (unpaired) electrons. The monoisotopic (exact) mass is 342 g/mol. The maximum atomic E-state index is 11.9. The first-order valence-electron chi connectivity index (χ1n) is 7.18. The van der Waals surface area contributed by atoms with E-state index in [1.54, 1.807) is 41.5 Å². The molecule has 0 aliphatic carbocycles. The van der Waals surface area contributed by atoms with Gasteiger partial charge in [0.2, 0.25) is 11.5 Å². The number of carboxylic acid groups (broad SMARTS) is 1. The lowest BCUT2D eigenvalue weighted by molar-refractivity contribution is -0.292. The Morgan fingerprint density at radius 1 is 0.917 bits per heavy atom. The van der Waals surface area contributed by atoms with Gasteiger partial charge >= 0.3 is 12.1 Å². The Morgan fingerprint density at radius 2 is 1.46 bits per heavy atom. The Morgan fingerprint density at radius 3 is 1.96 bits per heavy atom. The van der Waals surface area contributed by atoms with Gasteiger partial charge in [0.1, 0.15) is 16.8 Å². The van der Waals surface area contributed by atoms with E-state index >= 15 is 0 Å². The molecule has 0 unspecified atom stereocenters. The maximum Gasteiger partial charge on any atom is 0.513 e. The molecule has 1 N–H and O–H groups in total. The highest BCUT2D eigenvalue weighted by molar-refractivity contribution is 5.98. The summed E-state index contributed by atoms with van der Waals surface area (Å²) in [6, 6.07) is 4.25. The minimum Gasteiger partial charge on any atom is -0.449 e. The highest BCUT2D eigenvalue weighted by atomic mass is 17.2. The molecule has 0 aromatic heterocycles. The van der Waals surface area contributed by atoms with E-state index in [0.717, 1.165) is 0 Å². The van der Waals surface area contributed by atoms with Gasteiger partial charge in [-0.05, 0) is 53.7 Å². The minimum atomic E-state index is -1.74. The number of carbonyl (C=O) groups excluding carboxylic acids is 1. The molecule has 24 heavy (non-hydrogen) atoms. The van der Waals surface area contributed by atoms with Crippen molar-refractivity contribution in [2.45, 2.75) is 52.7 Å². The predicted octanol–water partition coefficient (Wildman–Crippen LogP) is 3.74. The molecule has 1 aromatic rings. The summed E-state index contributed by atoms with van der Waals surface area (Å²) in [5, 5.41) is 8.60. The van der Waals surface area contributed by atoms with Crippen molar-refractivity contribution in [3.8, 4) is 11.5 Å². The van der Waals surface area contributed by atoms with Crippen molar-refractivity contribution in [3.05, 3.63) is 23.8 Å². The summed E-state index contributed by atoms with van der Waals surface area (Å²) in [5.74, 6) is -1.24. The molecule has 8 nitrogen and oxygen atoms in total. The Kier molecular flexibility index (Phi) is 6.16. The topological polar surface area (TPSA) is 101 Å². The number of hydrogen-bond donors (Lipinski definition) is 1. The van der Waals surface area contributed by atoms with Crippen molar-refractivity contribution >= 4 is 12.1 Å². The van der Waals surface area contributed by atoms with Crippen LogP contribution in [0.3, 0.4) is 0 Å². The highest BCUT2D eigenvalue weighted by Crippen LogP contribution is 2.34. The van der Waals surface area contributed by atoms with E-state index in [4.69, 9.17) is 24.7 Å². The molecule has 0 heterocycles. The molecule has 1 rings (SSSR count). The van der Waals surface area contributed by atoms with E-state index in [9.17, 15) is 9.59 Å². The van der Waals surface area contributed by atoms with E-state index in [1.807, 2.05) is 0 Å². The maximum absolute atomic E-state index is 11.9. The molecule has 0 aliphatic rings. The summed E-state index contributed by atoms with van der Waals surface area (Å²) < 4.78 is 4.16. The summed E-state index contributed by atoms with van der Waals surface area (Å²) in [5.41, 5.74) is -1.50. The van der Waals surface area contributed by atoms with Crippen LogP contribution in [0.4, 0.5) is 4.79 Å². The molecule has 0 atom stereocenters. The first kappa shape index (κ1) is 19.7. The van der Waals surface area contributed by atoms with Gasteiger partial charge in [-0.15, -0.1) is 0 Å². The van der Waals surface area contributed by atoms with Crippen LogP contribution in [-0.2, 0) is 14.5 Å². The summed E-state index contributed by atoms with van der Waals surface area (Å²) in [6.45, 7) is 10.5. The van der Waals surface area contributed by atoms with E-state index in [0.29, 0.717) is 0 Å². The zero-order valence-corrected chi connectivity index (χ0v) is 14.5. The molecule has 8 heteroatoms. The van der Waals surface area contributed by atoms with Crippen molar-refractivity contribution in [3.63, 3.8) is 0 Å². The number of esters is 1. The van der Waals surface area contributed by atoms with Crippen LogP contribution in [0.1, 0.15) is 51.9 Å². The third kappa shape index (κ3) is 6.84. The van der Waals surface area contributed by atoms with Crippen LogP contribution in [0, 0.1) is 0 Å². The predicted molar refractivity (Wildman–Crippen MR) is 82.8 cm³/mol. The van der Waals surface area contributed by atoms with Gasteiger partial charge in [0.15, 0.2) is 0 Å². The van der Waals surface area contributed by atoms with Gasteiger partial charge in [0.25, 0.3) is 0 Å². The van der Waals surface area contributed by atoms with Crippen LogP contribution >= 0.6 is 0 Å². The highest BCUT2D eigenvalue weighted by Gasteiger charge is 2.25.